The highest BCUT2D eigenvalue weighted by molar-refractivity contribution is 5.43. The number of aliphatic hydroxyl groups is 1. The second kappa shape index (κ2) is 7.64. The van der Waals surface area contributed by atoms with Gasteiger partial charge in [-0.25, -0.2) is 4.39 Å². The highest BCUT2D eigenvalue weighted by atomic mass is 19.1. The lowest BCUT2D eigenvalue weighted by atomic mass is 10.2. The number of rotatable bonds is 7. The molecule has 0 fully saturated rings. The summed E-state index contributed by atoms with van der Waals surface area (Å²) in [6, 6.07) is 13.9. The van der Waals surface area contributed by atoms with Crippen molar-refractivity contribution >= 4 is 5.69 Å². The zero-order valence-electron chi connectivity index (χ0n) is 12.1. The van der Waals surface area contributed by atoms with Gasteiger partial charge in [0, 0.05) is 12.2 Å². The van der Waals surface area contributed by atoms with E-state index in [0.29, 0.717) is 12.2 Å². The van der Waals surface area contributed by atoms with Gasteiger partial charge < -0.3 is 15.2 Å². The molecule has 0 aromatic heterocycles. The summed E-state index contributed by atoms with van der Waals surface area (Å²) in [5, 5.41) is 12.9. The van der Waals surface area contributed by atoms with Crippen LogP contribution in [0.2, 0.25) is 0 Å². The first-order chi connectivity index (χ1) is 10.2. The number of hydrogen-bond acceptors (Lipinski definition) is 3. The van der Waals surface area contributed by atoms with Crippen molar-refractivity contribution in [1.29, 1.82) is 0 Å². The van der Waals surface area contributed by atoms with Crippen LogP contribution in [0.15, 0.2) is 48.5 Å². The molecule has 1 atom stereocenters. The third-order valence-electron chi connectivity index (χ3n) is 3.12. The molecule has 0 aliphatic carbocycles. The van der Waals surface area contributed by atoms with Gasteiger partial charge in [0.05, 0.1) is 0 Å². The summed E-state index contributed by atoms with van der Waals surface area (Å²) in [6.07, 6.45) is 0.277. The van der Waals surface area contributed by atoms with E-state index in [1.54, 1.807) is 12.1 Å². The summed E-state index contributed by atoms with van der Waals surface area (Å²) in [7, 11) is 0. The maximum atomic E-state index is 13.0. The Labute approximate surface area is 124 Å². The molecule has 2 aromatic carbocycles. The fraction of sp³-hybridized carbons (Fsp3) is 0.294. The van der Waals surface area contributed by atoms with Crippen molar-refractivity contribution < 1.29 is 14.2 Å². The summed E-state index contributed by atoms with van der Waals surface area (Å²) in [5.74, 6) is 0.446. The molecule has 4 heteroatoms. The van der Waals surface area contributed by atoms with Crippen LogP contribution in [0.3, 0.4) is 0 Å². The van der Waals surface area contributed by atoms with Crippen LogP contribution < -0.4 is 10.1 Å². The summed E-state index contributed by atoms with van der Waals surface area (Å²) >= 11 is 0. The van der Waals surface area contributed by atoms with Crippen LogP contribution in [0.25, 0.3) is 0 Å². The van der Waals surface area contributed by atoms with Crippen LogP contribution in [-0.4, -0.2) is 24.4 Å². The van der Waals surface area contributed by atoms with Crippen molar-refractivity contribution in [1.82, 2.24) is 0 Å². The number of hydrogen-bond donors (Lipinski definition) is 2. The third-order valence-corrected chi connectivity index (χ3v) is 3.12. The van der Waals surface area contributed by atoms with Crippen LogP contribution >= 0.6 is 0 Å². The monoisotopic (exact) mass is 289 g/mol. The SMILES string of the molecule is CCc1cccc(OCC(O)CNc2cccc(F)c2)c1. The van der Waals surface area contributed by atoms with Gasteiger partial charge in [-0.05, 0) is 42.3 Å². The molecule has 0 aliphatic rings. The van der Waals surface area contributed by atoms with E-state index in [4.69, 9.17) is 4.74 Å². The molecule has 0 radical (unpaired) electrons. The summed E-state index contributed by atoms with van der Waals surface area (Å²) < 4.78 is 18.6. The van der Waals surface area contributed by atoms with Crippen LogP contribution in [0.4, 0.5) is 10.1 Å². The third kappa shape index (κ3) is 5.08. The number of aryl methyl sites for hydroxylation is 1. The number of benzene rings is 2. The highest BCUT2D eigenvalue weighted by Crippen LogP contribution is 2.14. The Balaban J connectivity index is 1.78. The molecular formula is C17H20FNO2. The minimum absolute atomic E-state index is 0.190. The lowest BCUT2D eigenvalue weighted by molar-refractivity contribution is 0.117. The Bertz CT molecular complexity index is 574. The number of aliphatic hydroxyl groups excluding tert-OH is 1. The van der Waals surface area contributed by atoms with E-state index in [2.05, 4.69) is 12.2 Å². The number of anilines is 1. The Morgan fingerprint density at radius 1 is 1.19 bits per heavy atom. The minimum atomic E-state index is -0.668. The Hall–Kier alpha value is -2.07. The molecule has 0 spiro atoms. The van der Waals surface area contributed by atoms with Crippen molar-refractivity contribution in [3.63, 3.8) is 0 Å². The first-order valence-electron chi connectivity index (χ1n) is 7.06. The van der Waals surface area contributed by atoms with Gasteiger partial charge in [-0.2, -0.15) is 0 Å². The van der Waals surface area contributed by atoms with Crippen molar-refractivity contribution in [3.05, 3.63) is 59.9 Å². The lowest BCUT2D eigenvalue weighted by Gasteiger charge is -2.14. The minimum Gasteiger partial charge on any atom is -0.491 e. The number of halogens is 1. The van der Waals surface area contributed by atoms with E-state index >= 15 is 0 Å². The predicted octanol–water partition coefficient (Wildman–Crippen LogP) is 3.24. The van der Waals surface area contributed by atoms with Gasteiger partial charge in [-0.3, -0.25) is 0 Å². The van der Waals surface area contributed by atoms with Crippen molar-refractivity contribution in [2.75, 3.05) is 18.5 Å². The molecule has 0 aliphatic heterocycles. The molecule has 2 N–H and O–H groups in total. The molecule has 0 saturated carbocycles. The molecule has 3 nitrogen and oxygen atoms in total. The zero-order chi connectivity index (χ0) is 15.1. The topological polar surface area (TPSA) is 41.5 Å². The molecular weight excluding hydrogens is 269 g/mol. The van der Waals surface area contributed by atoms with Gasteiger partial charge >= 0.3 is 0 Å². The standard InChI is InChI=1S/C17H20FNO2/c1-2-13-5-3-8-17(9-13)21-12-16(20)11-19-15-7-4-6-14(18)10-15/h3-10,16,19-20H,2,11-12H2,1H3. The van der Waals surface area contributed by atoms with Crippen LogP contribution in [0, 0.1) is 5.82 Å². The average molecular weight is 289 g/mol. The fourth-order valence-electron chi connectivity index (χ4n) is 1.94. The molecule has 2 rings (SSSR count). The van der Waals surface area contributed by atoms with Gasteiger partial charge in [0.15, 0.2) is 0 Å². The molecule has 2 aromatic rings. The molecule has 21 heavy (non-hydrogen) atoms. The second-order valence-electron chi connectivity index (χ2n) is 4.86. The molecule has 1 unspecified atom stereocenters. The van der Waals surface area contributed by atoms with Gasteiger partial charge in [0.2, 0.25) is 0 Å². The van der Waals surface area contributed by atoms with E-state index in [1.165, 1.54) is 17.7 Å². The first-order valence-corrected chi connectivity index (χ1v) is 7.06. The van der Waals surface area contributed by atoms with Gasteiger partial charge in [-0.15, -0.1) is 0 Å². The Kier molecular flexibility index (Phi) is 5.58. The van der Waals surface area contributed by atoms with E-state index in [0.717, 1.165) is 12.2 Å². The van der Waals surface area contributed by atoms with Gasteiger partial charge in [-0.1, -0.05) is 25.1 Å². The smallest absolute Gasteiger partial charge is 0.125 e. The fourth-order valence-corrected chi connectivity index (χ4v) is 1.94. The molecule has 0 amide bonds. The summed E-state index contributed by atoms with van der Waals surface area (Å²) in [5.41, 5.74) is 1.84. The maximum Gasteiger partial charge on any atom is 0.125 e. The van der Waals surface area contributed by atoms with E-state index in [9.17, 15) is 9.50 Å². The van der Waals surface area contributed by atoms with Gasteiger partial charge in [0.25, 0.3) is 0 Å². The number of ether oxygens (including phenoxy) is 1. The molecule has 112 valence electrons. The van der Waals surface area contributed by atoms with Crippen molar-refractivity contribution in [2.24, 2.45) is 0 Å². The van der Waals surface area contributed by atoms with E-state index in [1.807, 2.05) is 24.3 Å². The van der Waals surface area contributed by atoms with Crippen molar-refractivity contribution in [2.45, 2.75) is 19.4 Å². The summed E-state index contributed by atoms with van der Waals surface area (Å²) in [6.45, 7) is 2.57. The predicted molar refractivity (Wildman–Crippen MR) is 82.2 cm³/mol. The molecule has 0 bridgehead atoms. The summed E-state index contributed by atoms with van der Waals surface area (Å²) in [4.78, 5) is 0. The maximum absolute atomic E-state index is 13.0. The quantitative estimate of drug-likeness (QED) is 0.822. The van der Waals surface area contributed by atoms with E-state index < -0.39 is 6.10 Å². The molecule has 0 heterocycles. The van der Waals surface area contributed by atoms with Crippen molar-refractivity contribution in [3.8, 4) is 5.75 Å². The van der Waals surface area contributed by atoms with Crippen LogP contribution in [-0.2, 0) is 6.42 Å². The highest BCUT2D eigenvalue weighted by Gasteiger charge is 2.06. The second-order valence-corrected chi connectivity index (χ2v) is 4.86. The molecule has 0 saturated heterocycles. The van der Waals surface area contributed by atoms with Gasteiger partial charge in [0.1, 0.15) is 24.3 Å². The van der Waals surface area contributed by atoms with Crippen LogP contribution in [0.1, 0.15) is 12.5 Å². The number of nitrogens with one attached hydrogen (secondary N) is 1. The van der Waals surface area contributed by atoms with E-state index in [-0.39, 0.29) is 12.4 Å². The Morgan fingerprint density at radius 3 is 2.76 bits per heavy atom. The normalized spacial score (nSPS) is 12.0. The Morgan fingerprint density at radius 2 is 2.00 bits per heavy atom. The first kappa shape index (κ1) is 15.3. The van der Waals surface area contributed by atoms with Crippen LogP contribution in [0.5, 0.6) is 5.75 Å². The zero-order valence-corrected chi connectivity index (χ0v) is 12.1. The average Bonchev–Trinajstić information content (AvgIpc) is 2.51. The largest absolute Gasteiger partial charge is 0.491 e. The lowest BCUT2D eigenvalue weighted by Crippen LogP contribution is -2.26.